The standard InChI is InChI=1S/C13H16N2O/c1-8(2)16-12-7-5-6-11-9(3)14-10(4)15-13(11)12/h5-8H,1-4H3. The first-order chi connectivity index (χ1) is 7.58. The molecular weight excluding hydrogens is 200 g/mol. The summed E-state index contributed by atoms with van der Waals surface area (Å²) >= 11 is 0. The number of aromatic nitrogens is 2. The molecule has 0 atom stereocenters. The topological polar surface area (TPSA) is 35.0 Å². The van der Waals surface area contributed by atoms with Crippen molar-refractivity contribution in [2.75, 3.05) is 0 Å². The lowest BCUT2D eigenvalue weighted by Gasteiger charge is -2.12. The van der Waals surface area contributed by atoms with E-state index in [1.165, 1.54) is 0 Å². The maximum absolute atomic E-state index is 5.75. The fraction of sp³-hybridized carbons (Fsp3) is 0.385. The third kappa shape index (κ3) is 1.98. The van der Waals surface area contributed by atoms with Crippen molar-refractivity contribution in [3.8, 4) is 5.75 Å². The Morgan fingerprint density at radius 1 is 1.12 bits per heavy atom. The Morgan fingerprint density at radius 3 is 2.56 bits per heavy atom. The number of rotatable bonds is 2. The second-order valence-corrected chi connectivity index (χ2v) is 4.18. The molecule has 0 unspecified atom stereocenters. The van der Waals surface area contributed by atoms with E-state index in [0.717, 1.165) is 28.2 Å². The largest absolute Gasteiger partial charge is 0.489 e. The quantitative estimate of drug-likeness (QED) is 0.774. The maximum Gasteiger partial charge on any atom is 0.146 e. The van der Waals surface area contributed by atoms with Gasteiger partial charge in [0.15, 0.2) is 0 Å². The smallest absolute Gasteiger partial charge is 0.146 e. The van der Waals surface area contributed by atoms with Crippen LogP contribution in [-0.2, 0) is 0 Å². The summed E-state index contributed by atoms with van der Waals surface area (Å²) in [5.74, 6) is 1.62. The third-order valence-electron chi connectivity index (χ3n) is 2.35. The van der Waals surface area contributed by atoms with Gasteiger partial charge in [0.2, 0.25) is 0 Å². The SMILES string of the molecule is Cc1nc(C)c2cccc(OC(C)C)c2n1. The van der Waals surface area contributed by atoms with Crippen molar-refractivity contribution in [1.29, 1.82) is 0 Å². The molecule has 1 heterocycles. The molecule has 0 aliphatic rings. The zero-order valence-corrected chi connectivity index (χ0v) is 10.1. The van der Waals surface area contributed by atoms with Gasteiger partial charge in [0, 0.05) is 11.1 Å². The minimum Gasteiger partial charge on any atom is -0.489 e. The maximum atomic E-state index is 5.75. The molecule has 0 N–H and O–H groups in total. The summed E-state index contributed by atoms with van der Waals surface area (Å²) in [4.78, 5) is 8.81. The number of para-hydroxylation sites is 1. The molecule has 0 spiro atoms. The van der Waals surface area contributed by atoms with Gasteiger partial charge < -0.3 is 4.74 Å². The molecule has 1 aromatic heterocycles. The van der Waals surface area contributed by atoms with Gasteiger partial charge >= 0.3 is 0 Å². The summed E-state index contributed by atoms with van der Waals surface area (Å²) in [5, 5.41) is 1.06. The average Bonchev–Trinajstić information content (AvgIpc) is 2.18. The Kier molecular flexibility index (Phi) is 2.77. The van der Waals surface area contributed by atoms with Crippen molar-refractivity contribution >= 4 is 10.9 Å². The number of ether oxygens (including phenoxy) is 1. The summed E-state index contributed by atoms with van der Waals surface area (Å²) in [7, 11) is 0. The molecule has 0 aliphatic carbocycles. The van der Waals surface area contributed by atoms with Crippen LogP contribution in [0.15, 0.2) is 18.2 Å². The van der Waals surface area contributed by atoms with Gasteiger partial charge in [-0.2, -0.15) is 0 Å². The first-order valence-electron chi connectivity index (χ1n) is 5.48. The van der Waals surface area contributed by atoms with Gasteiger partial charge in [-0.1, -0.05) is 12.1 Å². The van der Waals surface area contributed by atoms with E-state index in [4.69, 9.17) is 4.74 Å². The fourth-order valence-corrected chi connectivity index (χ4v) is 1.77. The van der Waals surface area contributed by atoms with Crippen molar-refractivity contribution in [3.05, 3.63) is 29.7 Å². The van der Waals surface area contributed by atoms with Gasteiger partial charge in [0.25, 0.3) is 0 Å². The van der Waals surface area contributed by atoms with Crippen LogP contribution in [0, 0.1) is 13.8 Å². The highest BCUT2D eigenvalue weighted by Gasteiger charge is 2.08. The van der Waals surface area contributed by atoms with E-state index < -0.39 is 0 Å². The van der Waals surface area contributed by atoms with Crippen LogP contribution in [0.5, 0.6) is 5.75 Å². The van der Waals surface area contributed by atoms with Gasteiger partial charge in [-0.25, -0.2) is 9.97 Å². The van der Waals surface area contributed by atoms with Crippen molar-refractivity contribution in [1.82, 2.24) is 9.97 Å². The summed E-state index contributed by atoms with van der Waals surface area (Å²) in [6, 6.07) is 5.96. The van der Waals surface area contributed by atoms with Crippen molar-refractivity contribution in [2.24, 2.45) is 0 Å². The average molecular weight is 216 g/mol. The first-order valence-corrected chi connectivity index (χ1v) is 5.48. The van der Waals surface area contributed by atoms with E-state index in [-0.39, 0.29) is 6.10 Å². The molecule has 16 heavy (non-hydrogen) atoms. The highest BCUT2D eigenvalue weighted by Crippen LogP contribution is 2.26. The van der Waals surface area contributed by atoms with E-state index in [9.17, 15) is 0 Å². The third-order valence-corrected chi connectivity index (χ3v) is 2.35. The van der Waals surface area contributed by atoms with Crippen LogP contribution in [0.25, 0.3) is 10.9 Å². The van der Waals surface area contributed by atoms with E-state index >= 15 is 0 Å². The fourth-order valence-electron chi connectivity index (χ4n) is 1.77. The van der Waals surface area contributed by atoms with Crippen LogP contribution in [0.1, 0.15) is 25.4 Å². The summed E-state index contributed by atoms with van der Waals surface area (Å²) < 4.78 is 5.75. The monoisotopic (exact) mass is 216 g/mol. The molecule has 0 bridgehead atoms. The van der Waals surface area contributed by atoms with Crippen LogP contribution < -0.4 is 4.74 Å². The van der Waals surface area contributed by atoms with Gasteiger partial charge in [0.05, 0.1) is 6.10 Å². The molecule has 0 fully saturated rings. The minimum absolute atomic E-state index is 0.154. The Hall–Kier alpha value is -1.64. The van der Waals surface area contributed by atoms with E-state index in [1.807, 2.05) is 45.9 Å². The highest BCUT2D eigenvalue weighted by atomic mass is 16.5. The Labute approximate surface area is 95.5 Å². The molecule has 84 valence electrons. The number of aryl methyl sites for hydroxylation is 2. The van der Waals surface area contributed by atoms with Crippen molar-refractivity contribution in [3.63, 3.8) is 0 Å². The van der Waals surface area contributed by atoms with Gasteiger partial charge in [0.1, 0.15) is 17.1 Å². The van der Waals surface area contributed by atoms with E-state index in [0.29, 0.717) is 0 Å². The zero-order chi connectivity index (χ0) is 11.7. The molecule has 2 aromatic rings. The second kappa shape index (κ2) is 4.08. The predicted octanol–water partition coefficient (Wildman–Crippen LogP) is 3.03. The van der Waals surface area contributed by atoms with Gasteiger partial charge in [-0.05, 0) is 33.8 Å². The molecule has 1 aromatic carbocycles. The molecule has 0 saturated carbocycles. The zero-order valence-electron chi connectivity index (χ0n) is 10.1. The van der Waals surface area contributed by atoms with Crippen molar-refractivity contribution < 1.29 is 4.74 Å². The molecule has 3 heteroatoms. The van der Waals surface area contributed by atoms with E-state index in [1.54, 1.807) is 0 Å². The second-order valence-electron chi connectivity index (χ2n) is 4.18. The first kappa shape index (κ1) is 10.9. The molecular formula is C13H16N2O. The normalized spacial score (nSPS) is 11.1. The van der Waals surface area contributed by atoms with Crippen LogP contribution in [-0.4, -0.2) is 16.1 Å². The Bertz CT molecular complexity index is 521. The molecule has 0 amide bonds. The van der Waals surface area contributed by atoms with Gasteiger partial charge in [-0.3, -0.25) is 0 Å². The Morgan fingerprint density at radius 2 is 1.88 bits per heavy atom. The summed E-state index contributed by atoms with van der Waals surface area (Å²) in [6.45, 7) is 7.92. The Balaban J connectivity index is 2.66. The minimum atomic E-state index is 0.154. The summed E-state index contributed by atoms with van der Waals surface area (Å²) in [6.07, 6.45) is 0.154. The predicted molar refractivity (Wildman–Crippen MR) is 64.8 cm³/mol. The molecule has 0 saturated heterocycles. The molecule has 0 radical (unpaired) electrons. The van der Waals surface area contributed by atoms with E-state index in [2.05, 4.69) is 9.97 Å². The lowest BCUT2D eigenvalue weighted by Crippen LogP contribution is -2.07. The lowest BCUT2D eigenvalue weighted by molar-refractivity contribution is 0.245. The molecule has 2 rings (SSSR count). The highest BCUT2D eigenvalue weighted by molar-refractivity contribution is 5.86. The van der Waals surface area contributed by atoms with Crippen molar-refractivity contribution in [2.45, 2.75) is 33.8 Å². The lowest BCUT2D eigenvalue weighted by atomic mass is 10.2. The van der Waals surface area contributed by atoms with Crippen LogP contribution >= 0.6 is 0 Å². The number of hydrogen-bond donors (Lipinski definition) is 0. The number of hydrogen-bond acceptors (Lipinski definition) is 3. The van der Waals surface area contributed by atoms with Gasteiger partial charge in [-0.15, -0.1) is 0 Å². The summed E-state index contributed by atoms with van der Waals surface area (Å²) in [5.41, 5.74) is 1.90. The number of nitrogens with zero attached hydrogens (tertiary/aromatic N) is 2. The molecule has 3 nitrogen and oxygen atoms in total. The number of benzene rings is 1. The van der Waals surface area contributed by atoms with Crippen LogP contribution in [0.4, 0.5) is 0 Å². The van der Waals surface area contributed by atoms with Crippen LogP contribution in [0.3, 0.4) is 0 Å². The molecule has 0 aliphatic heterocycles. The van der Waals surface area contributed by atoms with Crippen LogP contribution in [0.2, 0.25) is 0 Å². The number of fused-ring (bicyclic) bond motifs is 1.